The van der Waals surface area contributed by atoms with Crippen LogP contribution in [-0.2, 0) is 11.3 Å². The van der Waals surface area contributed by atoms with Gasteiger partial charge in [0.2, 0.25) is 0 Å². The number of aliphatic carboxylic acids is 1. The largest absolute Gasteiger partial charge is 0.494 e. The lowest BCUT2D eigenvalue weighted by atomic mass is 10.0. The van der Waals surface area contributed by atoms with Crippen molar-refractivity contribution in [1.29, 1.82) is 0 Å². The van der Waals surface area contributed by atoms with Gasteiger partial charge in [0, 0.05) is 6.54 Å². The van der Waals surface area contributed by atoms with E-state index < -0.39 is 12.0 Å². The van der Waals surface area contributed by atoms with Crippen molar-refractivity contribution in [1.82, 2.24) is 4.90 Å². The Morgan fingerprint density at radius 2 is 1.90 bits per heavy atom. The topological polar surface area (TPSA) is 49.8 Å². The van der Waals surface area contributed by atoms with E-state index in [1.165, 1.54) is 0 Å². The lowest BCUT2D eigenvalue weighted by Crippen LogP contribution is -2.39. The number of ether oxygens (including phenoxy) is 1. The molecule has 1 atom stereocenters. The minimum absolute atomic E-state index is 0.360. The number of benzene rings is 1. The van der Waals surface area contributed by atoms with Crippen molar-refractivity contribution in [2.45, 2.75) is 39.8 Å². The summed E-state index contributed by atoms with van der Waals surface area (Å²) in [4.78, 5) is 13.2. The van der Waals surface area contributed by atoms with Crippen molar-refractivity contribution in [2.75, 3.05) is 13.7 Å². The fourth-order valence-corrected chi connectivity index (χ4v) is 2.17. The Morgan fingerprint density at radius 1 is 1.30 bits per heavy atom. The summed E-state index contributed by atoms with van der Waals surface area (Å²) in [6, 6.07) is 7.36. The Morgan fingerprint density at radius 3 is 2.35 bits per heavy atom. The molecule has 0 aliphatic heterocycles. The van der Waals surface area contributed by atoms with Gasteiger partial charge in [0.1, 0.15) is 11.8 Å². The third-order valence-electron chi connectivity index (χ3n) is 3.18. The van der Waals surface area contributed by atoms with Crippen molar-refractivity contribution in [2.24, 2.45) is 5.92 Å². The van der Waals surface area contributed by atoms with Crippen molar-refractivity contribution in [3.63, 3.8) is 0 Å². The second-order valence-corrected chi connectivity index (χ2v) is 5.48. The zero-order valence-electron chi connectivity index (χ0n) is 12.8. The smallest absolute Gasteiger partial charge is 0.320 e. The lowest BCUT2D eigenvalue weighted by Gasteiger charge is -2.26. The summed E-state index contributed by atoms with van der Waals surface area (Å²) in [5, 5.41) is 9.32. The van der Waals surface area contributed by atoms with Crippen LogP contribution in [0.15, 0.2) is 24.3 Å². The molecule has 0 spiro atoms. The van der Waals surface area contributed by atoms with E-state index in [9.17, 15) is 9.90 Å². The average molecular weight is 279 g/mol. The van der Waals surface area contributed by atoms with Crippen LogP contribution in [0.3, 0.4) is 0 Å². The molecule has 0 saturated heterocycles. The standard InChI is InChI=1S/C16H25NO3/c1-5-20-14-8-6-13(7-9-14)11-17(4)15(16(18)19)10-12(2)3/h6-9,12,15H,5,10-11H2,1-4H3,(H,18,19). The molecule has 0 radical (unpaired) electrons. The maximum atomic E-state index is 11.3. The van der Waals surface area contributed by atoms with Crippen molar-refractivity contribution in [3.05, 3.63) is 29.8 Å². The van der Waals surface area contributed by atoms with Gasteiger partial charge >= 0.3 is 5.97 Å². The Kier molecular flexibility index (Phi) is 6.52. The van der Waals surface area contributed by atoms with E-state index in [0.29, 0.717) is 25.5 Å². The van der Waals surface area contributed by atoms with Gasteiger partial charge in [-0.1, -0.05) is 26.0 Å². The second kappa shape index (κ2) is 7.90. The van der Waals surface area contributed by atoms with Gasteiger partial charge in [-0.2, -0.15) is 0 Å². The fourth-order valence-electron chi connectivity index (χ4n) is 2.17. The molecule has 0 heterocycles. The second-order valence-electron chi connectivity index (χ2n) is 5.48. The van der Waals surface area contributed by atoms with Gasteiger partial charge in [-0.3, -0.25) is 9.69 Å². The van der Waals surface area contributed by atoms with Crippen LogP contribution in [-0.4, -0.2) is 35.7 Å². The molecular weight excluding hydrogens is 254 g/mol. The van der Waals surface area contributed by atoms with Crippen LogP contribution in [0.2, 0.25) is 0 Å². The number of carboxylic acid groups (broad SMARTS) is 1. The summed E-state index contributed by atoms with van der Waals surface area (Å²) < 4.78 is 5.40. The number of nitrogens with zero attached hydrogens (tertiary/aromatic N) is 1. The van der Waals surface area contributed by atoms with Gasteiger partial charge in [0.25, 0.3) is 0 Å². The SMILES string of the molecule is CCOc1ccc(CN(C)C(CC(C)C)C(=O)O)cc1. The number of carbonyl (C=O) groups is 1. The molecule has 20 heavy (non-hydrogen) atoms. The first-order valence-electron chi connectivity index (χ1n) is 7.08. The van der Waals surface area contributed by atoms with Gasteiger partial charge in [-0.25, -0.2) is 0 Å². The minimum Gasteiger partial charge on any atom is -0.494 e. The first kappa shape index (κ1) is 16.5. The molecule has 112 valence electrons. The number of likely N-dealkylation sites (N-methyl/N-ethyl adjacent to an activating group) is 1. The lowest BCUT2D eigenvalue weighted by molar-refractivity contribution is -0.143. The third-order valence-corrected chi connectivity index (χ3v) is 3.18. The summed E-state index contributed by atoms with van der Waals surface area (Å²) in [6.07, 6.45) is 0.656. The number of hydrogen-bond donors (Lipinski definition) is 1. The zero-order chi connectivity index (χ0) is 15.1. The maximum absolute atomic E-state index is 11.3. The first-order chi connectivity index (χ1) is 9.43. The quantitative estimate of drug-likeness (QED) is 0.794. The highest BCUT2D eigenvalue weighted by atomic mass is 16.5. The van der Waals surface area contributed by atoms with Gasteiger partial charge in [0.15, 0.2) is 0 Å². The number of rotatable bonds is 8. The van der Waals surface area contributed by atoms with Crippen LogP contribution < -0.4 is 4.74 Å². The van der Waals surface area contributed by atoms with Crippen LogP contribution in [0.5, 0.6) is 5.75 Å². The third kappa shape index (κ3) is 5.21. The van der Waals surface area contributed by atoms with E-state index in [0.717, 1.165) is 11.3 Å². The highest BCUT2D eigenvalue weighted by Crippen LogP contribution is 2.16. The molecule has 1 rings (SSSR count). The maximum Gasteiger partial charge on any atom is 0.320 e. The predicted molar refractivity (Wildman–Crippen MR) is 80.0 cm³/mol. The minimum atomic E-state index is -0.757. The van der Waals surface area contributed by atoms with Crippen LogP contribution in [0, 0.1) is 5.92 Å². The monoisotopic (exact) mass is 279 g/mol. The van der Waals surface area contributed by atoms with Crippen molar-refractivity contribution in [3.8, 4) is 5.75 Å². The summed E-state index contributed by atoms with van der Waals surface area (Å²) in [7, 11) is 1.86. The summed E-state index contributed by atoms with van der Waals surface area (Å²) in [5.41, 5.74) is 1.09. The molecule has 0 aromatic heterocycles. The van der Waals surface area contributed by atoms with E-state index in [4.69, 9.17) is 4.74 Å². The molecular formula is C16H25NO3. The van der Waals surface area contributed by atoms with E-state index in [1.54, 1.807) is 0 Å². The van der Waals surface area contributed by atoms with E-state index in [1.807, 2.05) is 57.0 Å². The summed E-state index contributed by atoms with van der Waals surface area (Å²) >= 11 is 0. The highest BCUT2D eigenvalue weighted by molar-refractivity contribution is 5.73. The fraction of sp³-hybridized carbons (Fsp3) is 0.562. The first-order valence-corrected chi connectivity index (χ1v) is 7.08. The molecule has 0 aliphatic carbocycles. The van der Waals surface area contributed by atoms with E-state index >= 15 is 0 Å². The molecule has 0 bridgehead atoms. The molecule has 0 amide bonds. The number of carboxylic acids is 1. The predicted octanol–water partition coefficient (Wildman–Crippen LogP) is 3.02. The molecule has 4 heteroatoms. The molecule has 1 aromatic rings. The Labute approximate surface area is 121 Å². The van der Waals surface area contributed by atoms with Crippen LogP contribution in [0.25, 0.3) is 0 Å². The van der Waals surface area contributed by atoms with Crippen LogP contribution in [0.4, 0.5) is 0 Å². The van der Waals surface area contributed by atoms with Crippen LogP contribution >= 0.6 is 0 Å². The van der Waals surface area contributed by atoms with Gasteiger partial charge in [0.05, 0.1) is 6.61 Å². The van der Waals surface area contributed by atoms with E-state index in [2.05, 4.69) is 0 Å². The molecule has 0 aliphatic rings. The number of hydrogen-bond acceptors (Lipinski definition) is 3. The van der Waals surface area contributed by atoms with Gasteiger partial charge < -0.3 is 9.84 Å². The Bertz CT molecular complexity index is 414. The summed E-state index contributed by atoms with van der Waals surface area (Å²) in [5.74, 6) is 0.446. The molecule has 1 N–H and O–H groups in total. The normalized spacial score (nSPS) is 12.7. The van der Waals surface area contributed by atoms with Crippen LogP contribution in [0.1, 0.15) is 32.8 Å². The Balaban J connectivity index is 2.67. The van der Waals surface area contributed by atoms with Crippen molar-refractivity contribution < 1.29 is 14.6 Å². The highest BCUT2D eigenvalue weighted by Gasteiger charge is 2.23. The average Bonchev–Trinajstić information content (AvgIpc) is 2.38. The molecule has 4 nitrogen and oxygen atoms in total. The molecule has 0 fully saturated rings. The van der Waals surface area contributed by atoms with E-state index in [-0.39, 0.29) is 0 Å². The molecule has 0 saturated carbocycles. The van der Waals surface area contributed by atoms with Crippen molar-refractivity contribution >= 4 is 5.97 Å². The zero-order valence-corrected chi connectivity index (χ0v) is 12.8. The molecule has 1 unspecified atom stereocenters. The molecule has 1 aromatic carbocycles. The Hall–Kier alpha value is -1.55. The van der Waals surface area contributed by atoms with Gasteiger partial charge in [-0.15, -0.1) is 0 Å². The van der Waals surface area contributed by atoms with Gasteiger partial charge in [-0.05, 0) is 44.0 Å². The summed E-state index contributed by atoms with van der Waals surface area (Å²) in [6.45, 7) is 7.30.